The highest BCUT2D eigenvalue weighted by Crippen LogP contribution is 2.31. The van der Waals surface area contributed by atoms with E-state index < -0.39 is 16.5 Å². The van der Waals surface area contributed by atoms with Gasteiger partial charge in [-0.2, -0.15) is 0 Å². The Morgan fingerprint density at radius 1 is 1.17 bits per heavy atom. The van der Waals surface area contributed by atoms with E-state index in [1.54, 1.807) is 7.05 Å². The van der Waals surface area contributed by atoms with Crippen LogP contribution in [0.15, 0.2) is 14.6 Å². The maximum Gasteiger partial charge on any atom is 0.332 e. The molecule has 1 fully saturated rings. The summed E-state index contributed by atoms with van der Waals surface area (Å²) < 4.78 is 2.43. The number of hydrogen-bond acceptors (Lipinski definition) is 6. The quantitative estimate of drug-likeness (QED) is 0.544. The predicted molar refractivity (Wildman–Crippen MR) is 119 cm³/mol. The van der Waals surface area contributed by atoms with Gasteiger partial charge in [-0.1, -0.05) is 39.5 Å². The van der Waals surface area contributed by atoms with Crippen LogP contribution in [0.2, 0.25) is 0 Å². The number of carbonyl (C=O) groups is 1. The number of rotatable bonds is 3. The Kier molecular flexibility index (Phi) is 6.13. The maximum atomic E-state index is 13.1. The van der Waals surface area contributed by atoms with Crippen molar-refractivity contribution in [3.05, 3.63) is 26.7 Å². The van der Waals surface area contributed by atoms with Crippen LogP contribution in [0.3, 0.4) is 0 Å². The third-order valence-corrected chi connectivity index (χ3v) is 6.62. The average molecular weight is 434 g/mol. The molecule has 1 amide bonds. The second kappa shape index (κ2) is 8.17. The first-order valence-corrected chi connectivity index (χ1v) is 11.2. The fraction of sp³-hybridized carbons (Fsp3) is 0.667. The lowest BCUT2D eigenvalue weighted by Crippen LogP contribution is -2.43. The Morgan fingerprint density at radius 2 is 1.83 bits per heavy atom. The number of piperidine rings is 1. The van der Waals surface area contributed by atoms with Crippen molar-refractivity contribution >= 4 is 28.7 Å². The molecule has 0 aliphatic carbocycles. The lowest BCUT2D eigenvalue weighted by Gasteiger charge is -2.32. The molecular formula is C21H31N5O3S. The number of hydrogen-bond donors (Lipinski definition) is 0. The van der Waals surface area contributed by atoms with E-state index in [-0.39, 0.29) is 16.7 Å². The lowest BCUT2D eigenvalue weighted by molar-refractivity contribution is -0.131. The van der Waals surface area contributed by atoms with Gasteiger partial charge in [0.15, 0.2) is 5.65 Å². The number of amides is 1. The van der Waals surface area contributed by atoms with Crippen LogP contribution in [0.5, 0.6) is 0 Å². The van der Waals surface area contributed by atoms with E-state index in [4.69, 9.17) is 0 Å². The summed E-state index contributed by atoms with van der Waals surface area (Å²) >= 11 is 1.27. The van der Waals surface area contributed by atoms with Crippen LogP contribution in [0.1, 0.15) is 53.3 Å². The summed E-state index contributed by atoms with van der Waals surface area (Å²) in [6.07, 6.45) is 2.15. The molecule has 2 atom stereocenters. The van der Waals surface area contributed by atoms with Gasteiger partial charge in [0, 0.05) is 32.6 Å². The Balaban J connectivity index is 2.11. The highest BCUT2D eigenvalue weighted by atomic mass is 32.2. The van der Waals surface area contributed by atoms with Crippen molar-refractivity contribution in [2.24, 2.45) is 20.0 Å². The molecule has 2 aromatic heterocycles. The highest BCUT2D eigenvalue weighted by molar-refractivity contribution is 8.00. The second-order valence-corrected chi connectivity index (χ2v) is 10.6. The molecular weight excluding hydrogens is 402 g/mol. The van der Waals surface area contributed by atoms with Gasteiger partial charge in [-0.05, 0) is 25.7 Å². The van der Waals surface area contributed by atoms with Crippen molar-refractivity contribution in [3.63, 3.8) is 0 Å². The molecule has 8 nitrogen and oxygen atoms in total. The first-order chi connectivity index (χ1) is 13.9. The summed E-state index contributed by atoms with van der Waals surface area (Å²) in [7, 11) is 3.04. The lowest BCUT2D eigenvalue weighted by atomic mass is 9.96. The predicted octanol–water partition coefficient (Wildman–Crippen LogP) is 2.06. The normalized spacial score (nSPS) is 18.6. The van der Waals surface area contributed by atoms with Gasteiger partial charge in [-0.3, -0.25) is 18.7 Å². The highest BCUT2D eigenvalue weighted by Gasteiger charge is 2.29. The van der Waals surface area contributed by atoms with Crippen molar-refractivity contribution < 1.29 is 4.79 Å². The van der Waals surface area contributed by atoms with Gasteiger partial charge in [-0.15, -0.1) is 0 Å². The summed E-state index contributed by atoms with van der Waals surface area (Å²) in [6, 6.07) is 0. The summed E-state index contributed by atoms with van der Waals surface area (Å²) in [5.41, 5.74) is -0.955. The standard InChI is InChI=1S/C21H31N5O3S/c1-12-9-8-10-26(11-12)17(27)13(2)30-16-14-15(22-19(23-16)21(3,4)5)24(6)20(29)25(7)18(14)28/h12-13H,8-11H2,1-7H3/t12-,13+/m1/s1. The molecule has 0 spiro atoms. The van der Waals surface area contributed by atoms with Crippen LogP contribution < -0.4 is 11.2 Å². The minimum Gasteiger partial charge on any atom is -0.341 e. The minimum absolute atomic E-state index is 0.0530. The van der Waals surface area contributed by atoms with Crippen LogP contribution in [0, 0.1) is 5.92 Å². The maximum absolute atomic E-state index is 13.1. The van der Waals surface area contributed by atoms with E-state index in [1.165, 1.54) is 23.4 Å². The van der Waals surface area contributed by atoms with Crippen molar-refractivity contribution in [2.45, 2.75) is 63.2 Å². The summed E-state index contributed by atoms with van der Waals surface area (Å²) in [6.45, 7) is 11.5. The molecule has 1 aliphatic heterocycles. The van der Waals surface area contributed by atoms with Crippen molar-refractivity contribution in [1.29, 1.82) is 0 Å². The smallest absolute Gasteiger partial charge is 0.332 e. The fourth-order valence-electron chi connectivity index (χ4n) is 3.71. The van der Waals surface area contributed by atoms with E-state index in [0.29, 0.717) is 22.4 Å². The van der Waals surface area contributed by atoms with E-state index in [0.717, 1.165) is 30.5 Å². The molecule has 164 valence electrons. The number of aryl methyl sites for hydroxylation is 1. The number of carbonyl (C=O) groups excluding carboxylic acids is 1. The van der Waals surface area contributed by atoms with Gasteiger partial charge in [0.1, 0.15) is 16.2 Å². The van der Waals surface area contributed by atoms with Crippen LogP contribution in [0.25, 0.3) is 11.0 Å². The fourth-order valence-corrected chi connectivity index (χ4v) is 4.73. The van der Waals surface area contributed by atoms with Crippen LogP contribution >= 0.6 is 11.8 Å². The topological polar surface area (TPSA) is 90.1 Å². The number of nitrogens with zero attached hydrogens (tertiary/aromatic N) is 5. The van der Waals surface area contributed by atoms with E-state index in [9.17, 15) is 14.4 Å². The molecule has 1 saturated heterocycles. The minimum atomic E-state index is -0.442. The van der Waals surface area contributed by atoms with Gasteiger partial charge in [0.2, 0.25) is 5.91 Å². The van der Waals surface area contributed by atoms with Gasteiger partial charge in [0.25, 0.3) is 5.56 Å². The molecule has 0 aromatic carbocycles. The van der Waals surface area contributed by atoms with Gasteiger partial charge in [0.05, 0.1) is 5.25 Å². The Hall–Kier alpha value is -2.16. The zero-order chi connectivity index (χ0) is 22.4. The third kappa shape index (κ3) is 4.17. The Labute approximate surface area is 180 Å². The Morgan fingerprint density at radius 3 is 2.43 bits per heavy atom. The zero-order valence-electron chi connectivity index (χ0n) is 18.9. The van der Waals surface area contributed by atoms with Crippen LogP contribution in [0.4, 0.5) is 0 Å². The first kappa shape index (κ1) is 22.5. The Bertz CT molecular complexity index is 1100. The molecule has 1 aliphatic rings. The number of aromatic nitrogens is 4. The van der Waals surface area contributed by atoms with Crippen LogP contribution in [-0.2, 0) is 24.3 Å². The molecule has 2 aromatic rings. The molecule has 0 unspecified atom stereocenters. The number of fused-ring (bicyclic) bond motifs is 1. The summed E-state index contributed by atoms with van der Waals surface area (Å²) in [5.74, 6) is 1.08. The van der Waals surface area contributed by atoms with Gasteiger partial charge in [-0.25, -0.2) is 14.8 Å². The largest absolute Gasteiger partial charge is 0.341 e. The average Bonchev–Trinajstić information content (AvgIpc) is 2.68. The SMILES string of the molecule is C[C@@H]1CCCN(C(=O)[C@H](C)Sc2nc(C(C)(C)C)nc3c2c(=O)n(C)c(=O)n3C)C1. The molecule has 0 radical (unpaired) electrons. The monoisotopic (exact) mass is 433 g/mol. The van der Waals surface area contributed by atoms with Crippen molar-refractivity contribution in [1.82, 2.24) is 24.0 Å². The third-order valence-electron chi connectivity index (χ3n) is 5.54. The van der Waals surface area contributed by atoms with E-state index in [1.807, 2.05) is 32.6 Å². The van der Waals surface area contributed by atoms with E-state index >= 15 is 0 Å². The molecule has 3 heterocycles. The van der Waals surface area contributed by atoms with Crippen molar-refractivity contribution in [2.75, 3.05) is 13.1 Å². The van der Waals surface area contributed by atoms with Crippen LogP contribution in [-0.4, -0.2) is 48.2 Å². The number of likely N-dealkylation sites (tertiary alicyclic amines) is 1. The van der Waals surface area contributed by atoms with Gasteiger partial charge < -0.3 is 4.90 Å². The molecule has 0 N–H and O–H groups in total. The molecule has 0 bridgehead atoms. The number of thioether (sulfide) groups is 1. The molecule has 3 rings (SSSR count). The summed E-state index contributed by atoms with van der Waals surface area (Å²) in [5, 5.41) is 0.333. The zero-order valence-corrected chi connectivity index (χ0v) is 19.7. The first-order valence-electron chi connectivity index (χ1n) is 10.4. The molecule has 0 saturated carbocycles. The van der Waals surface area contributed by atoms with Gasteiger partial charge >= 0.3 is 5.69 Å². The summed E-state index contributed by atoms with van der Waals surface area (Å²) in [4.78, 5) is 49.6. The molecule has 9 heteroatoms. The van der Waals surface area contributed by atoms with Crippen molar-refractivity contribution in [3.8, 4) is 0 Å². The molecule has 30 heavy (non-hydrogen) atoms. The van der Waals surface area contributed by atoms with E-state index in [2.05, 4.69) is 16.9 Å². The second-order valence-electron chi connectivity index (χ2n) is 9.30.